The fourth-order valence-corrected chi connectivity index (χ4v) is 0.335. The quantitative estimate of drug-likeness (QED) is 0.284. The summed E-state index contributed by atoms with van der Waals surface area (Å²) >= 11 is 0. The second-order valence-corrected chi connectivity index (χ2v) is 1.34. The molecule has 0 bridgehead atoms. The highest BCUT2D eigenvalue weighted by molar-refractivity contribution is 5.14. The summed E-state index contributed by atoms with van der Waals surface area (Å²) < 4.78 is 0. The predicted molar refractivity (Wildman–Crippen MR) is 43.8 cm³/mol. The van der Waals surface area contributed by atoms with Crippen LogP contribution in [0.2, 0.25) is 0 Å². The van der Waals surface area contributed by atoms with Gasteiger partial charge in [0.25, 0.3) is 0 Å². The van der Waals surface area contributed by atoms with E-state index in [0.29, 0.717) is 0 Å². The third-order valence-corrected chi connectivity index (χ3v) is 0.864. The molecule has 0 amide bonds. The normalized spacial score (nSPS) is 9.60. The molecule has 0 saturated heterocycles. The van der Waals surface area contributed by atoms with Gasteiger partial charge in [0.05, 0.1) is 0 Å². The van der Waals surface area contributed by atoms with E-state index >= 15 is 0 Å². The van der Waals surface area contributed by atoms with Crippen LogP contribution < -0.4 is 0 Å². The lowest BCUT2D eigenvalue weighted by molar-refractivity contribution is -0.233. The van der Waals surface area contributed by atoms with Crippen LogP contribution in [-0.2, 0) is 4.89 Å². The van der Waals surface area contributed by atoms with E-state index < -0.39 is 0 Å². The zero-order chi connectivity index (χ0) is 8.41. The van der Waals surface area contributed by atoms with Crippen molar-refractivity contribution < 1.29 is 10.1 Å². The Morgan fingerprint density at radius 2 is 2.10 bits per heavy atom. The van der Waals surface area contributed by atoms with Gasteiger partial charge in [0.1, 0.15) is 6.61 Å². The van der Waals surface area contributed by atoms with E-state index in [1.54, 1.807) is 6.08 Å². The van der Waals surface area contributed by atoms with Gasteiger partial charge < -0.3 is 0 Å². The molecule has 0 heterocycles. The maximum Gasteiger partial charge on any atom is 0.107 e. The average Bonchev–Trinajstić information content (AvgIpc) is 2.04. The summed E-state index contributed by atoms with van der Waals surface area (Å²) in [5, 5.41) is 7.91. The minimum Gasteiger partial charge on any atom is -0.251 e. The fourth-order valence-electron chi connectivity index (χ4n) is 0.335. The molecule has 0 aromatic rings. The number of hydrogen-bond acceptors (Lipinski definition) is 2. The summed E-state index contributed by atoms with van der Waals surface area (Å²) in [5.41, 5.74) is 0.882. The molecule has 10 heavy (non-hydrogen) atoms. The third-order valence-electron chi connectivity index (χ3n) is 0.864. The monoisotopic (exact) mass is 142 g/mol. The Morgan fingerprint density at radius 3 is 2.20 bits per heavy atom. The molecule has 2 heteroatoms. The smallest absolute Gasteiger partial charge is 0.107 e. The van der Waals surface area contributed by atoms with Crippen molar-refractivity contribution in [1.29, 1.82) is 0 Å². The lowest BCUT2D eigenvalue weighted by Crippen LogP contribution is -1.89. The van der Waals surface area contributed by atoms with E-state index in [9.17, 15) is 0 Å². The number of rotatable bonds is 3. The van der Waals surface area contributed by atoms with Crippen molar-refractivity contribution >= 4 is 0 Å². The first-order valence-corrected chi connectivity index (χ1v) is 2.89. The maximum absolute atomic E-state index is 7.91. The van der Waals surface area contributed by atoms with Gasteiger partial charge >= 0.3 is 0 Å². The molecule has 0 spiro atoms. The fraction of sp³-hybridized carbons (Fsp3) is 0.250. The van der Waals surface area contributed by atoms with Crippen LogP contribution in [0.15, 0.2) is 37.5 Å². The van der Waals surface area contributed by atoms with Crippen molar-refractivity contribution in [3.8, 4) is 0 Å². The molecular formula is C8H14O2. The molecule has 0 aliphatic rings. The van der Waals surface area contributed by atoms with E-state index in [0.717, 1.165) is 5.57 Å². The molecule has 0 aromatic carbocycles. The van der Waals surface area contributed by atoms with Gasteiger partial charge in [-0.3, -0.25) is 5.26 Å². The van der Waals surface area contributed by atoms with Crippen LogP contribution >= 0.6 is 0 Å². The predicted octanol–water partition coefficient (Wildman–Crippen LogP) is 2.41. The van der Waals surface area contributed by atoms with Crippen LogP contribution in [0.25, 0.3) is 0 Å². The molecule has 0 saturated carbocycles. The Hall–Kier alpha value is -0.860. The van der Waals surface area contributed by atoms with E-state index in [4.69, 9.17) is 5.26 Å². The molecule has 0 unspecified atom stereocenters. The zero-order valence-electron chi connectivity index (χ0n) is 6.34. The van der Waals surface area contributed by atoms with Gasteiger partial charge in [0, 0.05) is 0 Å². The average molecular weight is 142 g/mol. The molecule has 2 nitrogen and oxygen atoms in total. The number of allylic oxidation sites excluding steroid dienone is 1. The minimum atomic E-state index is 0.222. The first-order valence-electron chi connectivity index (χ1n) is 2.89. The summed E-state index contributed by atoms with van der Waals surface area (Å²) in [7, 11) is 0. The molecule has 0 atom stereocenters. The SMILES string of the molecule is C=C.C=C/C(=C\C)COO. The Bertz CT molecular complexity index is 106. The second-order valence-electron chi connectivity index (χ2n) is 1.34. The van der Waals surface area contributed by atoms with Gasteiger partial charge in [-0.2, -0.15) is 0 Å². The Labute approximate surface area is 62.1 Å². The van der Waals surface area contributed by atoms with Crippen molar-refractivity contribution in [2.45, 2.75) is 6.92 Å². The second kappa shape index (κ2) is 11.0. The first-order chi connectivity index (χ1) is 4.85. The van der Waals surface area contributed by atoms with Crippen LogP contribution in [0.1, 0.15) is 6.92 Å². The van der Waals surface area contributed by atoms with Crippen molar-refractivity contribution in [3.05, 3.63) is 37.5 Å². The van der Waals surface area contributed by atoms with E-state index in [2.05, 4.69) is 24.6 Å². The highest BCUT2D eigenvalue weighted by atomic mass is 17.1. The molecule has 0 rings (SSSR count). The van der Waals surface area contributed by atoms with Crippen LogP contribution in [0, 0.1) is 0 Å². The van der Waals surface area contributed by atoms with Crippen molar-refractivity contribution in [1.82, 2.24) is 0 Å². The molecule has 0 aromatic heterocycles. The van der Waals surface area contributed by atoms with Crippen LogP contribution in [0.3, 0.4) is 0 Å². The molecule has 0 aliphatic heterocycles. The molecule has 58 valence electrons. The summed E-state index contributed by atoms with van der Waals surface area (Å²) in [5.74, 6) is 0. The van der Waals surface area contributed by atoms with Gasteiger partial charge in [0.15, 0.2) is 0 Å². The molecule has 0 radical (unpaired) electrons. The third kappa shape index (κ3) is 7.14. The van der Waals surface area contributed by atoms with Crippen LogP contribution in [0.5, 0.6) is 0 Å². The first kappa shape index (κ1) is 11.9. The topological polar surface area (TPSA) is 29.5 Å². The largest absolute Gasteiger partial charge is 0.251 e. The van der Waals surface area contributed by atoms with E-state index in [1.807, 2.05) is 13.0 Å². The van der Waals surface area contributed by atoms with E-state index in [1.165, 1.54) is 0 Å². The number of hydrogen-bond donors (Lipinski definition) is 1. The Balaban J connectivity index is 0. The summed E-state index contributed by atoms with van der Waals surface area (Å²) in [6, 6.07) is 0. The standard InChI is InChI=1S/C6H10O2.C2H4/c1-3-6(4-2)5-8-7;1-2/h3-4,7H,1,5H2,2H3;1-2H2/b6-4+;. The summed E-state index contributed by atoms with van der Waals surface area (Å²) in [4.78, 5) is 3.85. The molecular weight excluding hydrogens is 128 g/mol. The Morgan fingerprint density at radius 1 is 1.60 bits per heavy atom. The van der Waals surface area contributed by atoms with Crippen molar-refractivity contribution in [2.24, 2.45) is 0 Å². The Kier molecular flexibility index (Phi) is 13.1. The van der Waals surface area contributed by atoms with Gasteiger partial charge in [-0.1, -0.05) is 18.7 Å². The lowest BCUT2D eigenvalue weighted by atomic mass is 10.3. The van der Waals surface area contributed by atoms with Gasteiger partial charge in [-0.15, -0.1) is 13.2 Å². The van der Waals surface area contributed by atoms with Gasteiger partial charge in [0.2, 0.25) is 0 Å². The van der Waals surface area contributed by atoms with Crippen molar-refractivity contribution in [3.63, 3.8) is 0 Å². The molecule has 0 aliphatic carbocycles. The maximum atomic E-state index is 7.91. The van der Waals surface area contributed by atoms with Crippen LogP contribution in [-0.4, -0.2) is 11.9 Å². The highest BCUT2D eigenvalue weighted by Crippen LogP contribution is 1.93. The molecule has 1 N–H and O–H groups in total. The minimum absolute atomic E-state index is 0.222. The zero-order valence-corrected chi connectivity index (χ0v) is 6.34. The highest BCUT2D eigenvalue weighted by Gasteiger charge is 1.85. The van der Waals surface area contributed by atoms with Gasteiger partial charge in [-0.25, -0.2) is 4.89 Å². The summed E-state index contributed by atoms with van der Waals surface area (Å²) in [6.45, 7) is 11.6. The van der Waals surface area contributed by atoms with E-state index in [-0.39, 0.29) is 6.61 Å². The lowest BCUT2D eigenvalue weighted by Gasteiger charge is -1.93. The van der Waals surface area contributed by atoms with Gasteiger partial charge in [-0.05, 0) is 12.5 Å². The molecule has 0 fully saturated rings. The van der Waals surface area contributed by atoms with Crippen LogP contribution in [0.4, 0.5) is 0 Å². The summed E-state index contributed by atoms with van der Waals surface area (Å²) in [6.07, 6.45) is 3.46. The van der Waals surface area contributed by atoms with Crippen molar-refractivity contribution in [2.75, 3.05) is 6.61 Å².